The highest BCUT2D eigenvalue weighted by molar-refractivity contribution is 8.04. The zero-order chi connectivity index (χ0) is 21.8. The summed E-state index contributed by atoms with van der Waals surface area (Å²) in [6.45, 7) is 8.45. The van der Waals surface area contributed by atoms with Crippen molar-refractivity contribution >= 4 is 35.2 Å². The van der Waals surface area contributed by atoms with Crippen LogP contribution >= 0.6 is 11.8 Å². The molecule has 0 bridgehead atoms. The number of primary amides is 1. The van der Waals surface area contributed by atoms with E-state index in [2.05, 4.69) is 10.6 Å². The molecule has 0 unspecified atom stereocenters. The highest BCUT2D eigenvalue weighted by Crippen LogP contribution is 2.36. The first kappa shape index (κ1) is 22.6. The van der Waals surface area contributed by atoms with Crippen molar-refractivity contribution in [3.8, 4) is 0 Å². The maximum Gasteiger partial charge on any atom is 0.270 e. The van der Waals surface area contributed by atoms with Gasteiger partial charge in [-0.1, -0.05) is 18.7 Å². The molecule has 0 radical (unpaired) electrons. The van der Waals surface area contributed by atoms with E-state index in [-0.39, 0.29) is 23.1 Å². The summed E-state index contributed by atoms with van der Waals surface area (Å²) >= 11 is 1.28. The van der Waals surface area contributed by atoms with Crippen molar-refractivity contribution < 1.29 is 14.4 Å². The Hall–Kier alpha value is -2.68. The van der Waals surface area contributed by atoms with E-state index >= 15 is 0 Å². The van der Waals surface area contributed by atoms with Gasteiger partial charge >= 0.3 is 0 Å². The summed E-state index contributed by atoms with van der Waals surface area (Å²) in [4.78, 5) is 38.0. The van der Waals surface area contributed by atoms with Gasteiger partial charge in [-0.25, -0.2) is 0 Å². The van der Waals surface area contributed by atoms with E-state index in [4.69, 9.17) is 11.5 Å². The molecule has 1 aliphatic rings. The van der Waals surface area contributed by atoms with Gasteiger partial charge in [0.15, 0.2) is 0 Å². The zero-order valence-electron chi connectivity index (χ0n) is 17.2. The Morgan fingerprint density at radius 2 is 1.79 bits per heavy atom. The van der Waals surface area contributed by atoms with Gasteiger partial charge in [-0.3, -0.25) is 14.4 Å². The second-order valence-corrected chi connectivity index (χ2v) is 8.61. The number of nitrogens with two attached hydrogens (primary N) is 2. The summed E-state index contributed by atoms with van der Waals surface area (Å²) in [5.74, 6) is -0.966. The van der Waals surface area contributed by atoms with E-state index in [1.165, 1.54) is 11.8 Å². The fourth-order valence-electron chi connectivity index (χ4n) is 2.68. The molecular weight excluding hydrogens is 390 g/mol. The molecule has 3 amide bonds. The van der Waals surface area contributed by atoms with Gasteiger partial charge in [-0.05, 0) is 51.5 Å². The lowest BCUT2D eigenvalue weighted by molar-refractivity contribution is -0.127. The van der Waals surface area contributed by atoms with Gasteiger partial charge in [-0.2, -0.15) is 0 Å². The molecule has 8 nitrogen and oxygen atoms in total. The number of hydrogen-bond donors (Lipinski definition) is 4. The lowest BCUT2D eigenvalue weighted by Gasteiger charge is -2.25. The Morgan fingerprint density at radius 1 is 1.17 bits per heavy atom. The average molecular weight is 420 g/mol. The van der Waals surface area contributed by atoms with Crippen molar-refractivity contribution in [2.24, 2.45) is 11.5 Å². The molecule has 0 saturated carbocycles. The predicted octanol–water partition coefficient (Wildman–Crippen LogP) is 1.59. The van der Waals surface area contributed by atoms with Crippen molar-refractivity contribution in [1.82, 2.24) is 10.2 Å². The fraction of sp³-hybridized carbons (Fsp3) is 0.450. The molecule has 1 aliphatic heterocycles. The normalized spacial score (nSPS) is 18.6. The van der Waals surface area contributed by atoms with E-state index in [9.17, 15) is 14.4 Å². The molecule has 1 heterocycles. The minimum atomic E-state index is -0.494. The van der Waals surface area contributed by atoms with Gasteiger partial charge in [0.2, 0.25) is 11.8 Å². The molecule has 2 rings (SSSR count). The molecular formula is C20H29N5O3S. The lowest BCUT2D eigenvalue weighted by Crippen LogP contribution is -2.45. The molecule has 1 aromatic rings. The summed E-state index contributed by atoms with van der Waals surface area (Å²) in [5.41, 5.74) is 12.2. The standard InChI is InChI=1S/C20H29N5O3S/c1-5-20(3,4)24-17(27)15(21)19-25(6-2)18(28)14(29-19)11-23-13-9-7-12(8-10-13)16(22)26/h7-10,14,23H,5-6,11,21H2,1-4H3,(H2,22,26)(H,24,27)/b19-15+/t14-/m1/s1. The van der Waals surface area contributed by atoms with Crippen LogP contribution in [0.2, 0.25) is 0 Å². The third-order valence-corrected chi connectivity index (χ3v) is 6.14. The van der Waals surface area contributed by atoms with Crippen molar-refractivity contribution in [3.05, 3.63) is 40.6 Å². The molecule has 0 aliphatic carbocycles. The van der Waals surface area contributed by atoms with Gasteiger partial charge in [0.25, 0.3) is 5.91 Å². The molecule has 6 N–H and O–H groups in total. The summed E-state index contributed by atoms with van der Waals surface area (Å²) in [6, 6.07) is 6.70. The molecule has 0 aromatic heterocycles. The van der Waals surface area contributed by atoms with E-state index in [0.717, 1.165) is 12.1 Å². The molecule has 0 spiro atoms. The molecule has 29 heavy (non-hydrogen) atoms. The SMILES string of the molecule is CCN1C(=O)[C@@H](CNc2ccc(C(N)=O)cc2)S/C1=C(/N)C(=O)NC(C)(C)CC. The highest BCUT2D eigenvalue weighted by Gasteiger charge is 2.38. The smallest absolute Gasteiger partial charge is 0.270 e. The number of nitrogens with one attached hydrogen (secondary N) is 2. The third kappa shape index (κ3) is 5.44. The maximum absolute atomic E-state index is 12.8. The van der Waals surface area contributed by atoms with Crippen molar-refractivity contribution in [2.75, 3.05) is 18.4 Å². The van der Waals surface area contributed by atoms with Crippen LogP contribution in [0, 0.1) is 0 Å². The first-order chi connectivity index (χ1) is 13.6. The molecule has 158 valence electrons. The van der Waals surface area contributed by atoms with Crippen LogP contribution < -0.4 is 22.1 Å². The molecule has 1 atom stereocenters. The monoisotopic (exact) mass is 419 g/mol. The van der Waals surface area contributed by atoms with Gasteiger partial charge in [0, 0.05) is 29.9 Å². The number of thioether (sulfide) groups is 1. The first-order valence-corrected chi connectivity index (χ1v) is 10.4. The summed E-state index contributed by atoms with van der Waals surface area (Å²) in [6.07, 6.45) is 0.756. The largest absolute Gasteiger partial charge is 0.392 e. The van der Waals surface area contributed by atoms with Gasteiger partial charge in [-0.15, -0.1) is 0 Å². The maximum atomic E-state index is 12.8. The van der Waals surface area contributed by atoms with Crippen LogP contribution in [-0.4, -0.2) is 46.5 Å². The summed E-state index contributed by atoms with van der Waals surface area (Å²) in [5, 5.41) is 6.16. The van der Waals surface area contributed by atoms with Crippen molar-refractivity contribution in [1.29, 1.82) is 0 Å². The van der Waals surface area contributed by atoms with Crippen LogP contribution in [0.15, 0.2) is 35.0 Å². The molecule has 1 aromatic carbocycles. The zero-order valence-corrected chi connectivity index (χ0v) is 18.1. The predicted molar refractivity (Wildman–Crippen MR) is 116 cm³/mol. The number of amides is 3. The minimum Gasteiger partial charge on any atom is -0.392 e. The average Bonchev–Trinajstić information content (AvgIpc) is 3.01. The summed E-state index contributed by atoms with van der Waals surface area (Å²) in [7, 11) is 0. The number of anilines is 1. The lowest BCUT2D eigenvalue weighted by atomic mass is 10.0. The quantitative estimate of drug-likeness (QED) is 0.473. The van der Waals surface area contributed by atoms with Crippen LogP contribution in [0.5, 0.6) is 0 Å². The van der Waals surface area contributed by atoms with Crippen LogP contribution in [0.1, 0.15) is 44.5 Å². The summed E-state index contributed by atoms with van der Waals surface area (Å²) < 4.78 is 0. The Labute approximate surface area is 175 Å². The van der Waals surface area contributed by atoms with Crippen LogP contribution in [0.3, 0.4) is 0 Å². The second kappa shape index (κ2) is 9.21. The van der Waals surface area contributed by atoms with E-state index in [1.807, 2.05) is 27.7 Å². The Balaban J connectivity index is 2.11. The number of hydrogen-bond acceptors (Lipinski definition) is 6. The van der Waals surface area contributed by atoms with Crippen LogP contribution in [0.25, 0.3) is 0 Å². The van der Waals surface area contributed by atoms with Crippen LogP contribution in [0.4, 0.5) is 5.69 Å². The number of carbonyl (C=O) groups excluding carboxylic acids is 3. The van der Waals surface area contributed by atoms with Gasteiger partial charge in [0.1, 0.15) is 16.0 Å². The second-order valence-electron chi connectivity index (χ2n) is 7.42. The molecule has 1 saturated heterocycles. The Morgan fingerprint density at radius 3 is 2.31 bits per heavy atom. The van der Waals surface area contributed by atoms with Gasteiger partial charge in [0.05, 0.1) is 0 Å². The number of carbonyl (C=O) groups is 3. The highest BCUT2D eigenvalue weighted by atomic mass is 32.2. The number of nitrogens with zero attached hydrogens (tertiary/aromatic N) is 1. The molecule has 1 fully saturated rings. The topological polar surface area (TPSA) is 131 Å². The minimum absolute atomic E-state index is 0.0556. The van der Waals surface area contributed by atoms with E-state index in [1.54, 1.807) is 29.2 Å². The molecule has 9 heteroatoms. The van der Waals surface area contributed by atoms with Gasteiger partial charge < -0.3 is 27.0 Å². The number of benzene rings is 1. The Kier molecular flexibility index (Phi) is 7.18. The fourth-order valence-corrected chi connectivity index (χ4v) is 3.91. The van der Waals surface area contributed by atoms with E-state index in [0.29, 0.717) is 23.7 Å². The third-order valence-electron chi connectivity index (χ3n) is 4.83. The Bertz CT molecular complexity index is 820. The van der Waals surface area contributed by atoms with Crippen molar-refractivity contribution in [3.63, 3.8) is 0 Å². The van der Waals surface area contributed by atoms with E-state index < -0.39 is 11.2 Å². The number of rotatable bonds is 8. The van der Waals surface area contributed by atoms with Crippen molar-refractivity contribution in [2.45, 2.75) is 44.9 Å². The van der Waals surface area contributed by atoms with Crippen LogP contribution in [-0.2, 0) is 9.59 Å². The first-order valence-electron chi connectivity index (χ1n) is 9.53.